The van der Waals surface area contributed by atoms with E-state index in [4.69, 9.17) is 22.1 Å². The van der Waals surface area contributed by atoms with E-state index in [2.05, 4.69) is 0 Å². The number of hydrogen-bond donors (Lipinski definition) is 1. The lowest BCUT2D eigenvalue weighted by atomic mass is 10.1. The number of rotatable bonds is 3. The van der Waals surface area contributed by atoms with Crippen molar-refractivity contribution in [3.8, 4) is 11.5 Å². The van der Waals surface area contributed by atoms with Crippen LogP contribution in [0.15, 0.2) is 36.4 Å². The number of aryl methyl sites for hydroxylation is 1. The molecule has 0 aliphatic heterocycles. The first-order valence-electron chi connectivity index (χ1n) is 5.96. The van der Waals surface area contributed by atoms with Gasteiger partial charge in [0.25, 0.3) is 0 Å². The van der Waals surface area contributed by atoms with Crippen LogP contribution in [0.1, 0.15) is 24.1 Å². The van der Waals surface area contributed by atoms with Crippen molar-refractivity contribution in [2.45, 2.75) is 19.9 Å². The van der Waals surface area contributed by atoms with Crippen molar-refractivity contribution in [3.63, 3.8) is 0 Å². The van der Waals surface area contributed by atoms with E-state index >= 15 is 0 Å². The molecule has 0 spiro atoms. The molecule has 100 valence electrons. The van der Waals surface area contributed by atoms with Gasteiger partial charge in [-0.05, 0) is 43.2 Å². The Kier molecular flexibility index (Phi) is 4.08. The van der Waals surface area contributed by atoms with Crippen LogP contribution in [0.25, 0.3) is 0 Å². The number of benzene rings is 2. The van der Waals surface area contributed by atoms with Crippen LogP contribution in [0.2, 0.25) is 5.02 Å². The van der Waals surface area contributed by atoms with Gasteiger partial charge in [0, 0.05) is 12.1 Å². The van der Waals surface area contributed by atoms with Crippen LogP contribution in [-0.2, 0) is 0 Å². The number of ether oxygens (including phenoxy) is 1. The maximum Gasteiger partial charge on any atom is 0.146 e. The molecule has 0 bridgehead atoms. The van der Waals surface area contributed by atoms with Gasteiger partial charge in [-0.1, -0.05) is 23.7 Å². The molecule has 2 nitrogen and oxygen atoms in total. The lowest BCUT2D eigenvalue weighted by Gasteiger charge is -2.12. The second-order valence-corrected chi connectivity index (χ2v) is 4.90. The van der Waals surface area contributed by atoms with Gasteiger partial charge in [0.15, 0.2) is 0 Å². The van der Waals surface area contributed by atoms with E-state index in [1.165, 1.54) is 12.1 Å². The minimum atomic E-state index is -0.344. The zero-order valence-corrected chi connectivity index (χ0v) is 11.5. The average molecular weight is 280 g/mol. The molecular formula is C15H15ClFNO. The van der Waals surface area contributed by atoms with E-state index in [0.29, 0.717) is 16.5 Å². The minimum Gasteiger partial charge on any atom is -0.455 e. The van der Waals surface area contributed by atoms with Gasteiger partial charge < -0.3 is 10.5 Å². The topological polar surface area (TPSA) is 35.2 Å². The normalized spacial score (nSPS) is 12.3. The second-order valence-electron chi connectivity index (χ2n) is 4.49. The summed E-state index contributed by atoms with van der Waals surface area (Å²) in [7, 11) is 0. The summed E-state index contributed by atoms with van der Waals surface area (Å²) in [6.07, 6.45) is 0. The largest absolute Gasteiger partial charge is 0.455 e. The molecule has 0 aliphatic carbocycles. The van der Waals surface area contributed by atoms with Gasteiger partial charge in [0.1, 0.15) is 17.3 Å². The predicted molar refractivity (Wildman–Crippen MR) is 75.3 cm³/mol. The summed E-state index contributed by atoms with van der Waals surface area (Å²) in [4.78, 5) is 0. The first-order chi connectivity index (χ1) is 8.97. The van der Waals surface area contributed by atoms with Gasteiger partial charge >= 0.3 is 0 Å². The van der Waals surface area contributed by atoms with Gasteiger partial charge in [0.05, 0.1) is 5.02 Å². The van der Waals surface area contributed by atoms with Crippen molar-refractivity contribution in [1.29, 1.82) is 0 Å². The predicted octanol–water partition coefficient (Wildman–Crippen LogP) is 4.60. The van der Waals surface area contributed by atoms with Crippen molar-refractivity contribution in [1.82, 2.24) is 0 Å². The first kappa shape index (κ1) is 13.8. The van der Waals surface area contributed by atoms with Gasteiger partial charge in [-0.25, -0.2) is 4.39 Å². The summed E-state index contributed by atoms with van der Waals surface area (Å²) >= 11 is 6.14. The van der Waals surface area contributed by atoms with Crippen LogP contribution in [0.4, 0.5) is 4.39 Å². The summed E-state index contributed by atoms with van der Waals surface area (Å²) in [5.41, 5.74) is 7.55. The third-order valence-electron chi connectivity index (χ3n) is 2.85. The molecule has 0 amide bonds. The fraction of sp³-hybridized carbons (Fsp3) is 0.200. The summed E-state index contributed by atoms with van der Waals surface area (Å²) < 4.78 is 18.8. The van der Waals surface area contributed by atoms with Crippen LogP contribution in [-0.4, -0.2) is 0 Å². The molecule has 0 unspecified atom stereocenters. The fourth-order valence-electron chi connectivity index (χ4n) is 1.69. The third kappa shape index (κ3) is 3.25. The average Bonchev–Trinajstić information content (AvgIpc) is 2.36. The lowest BCUT2D eigenvalue weighted by Crippen LogP contribution is -2.04. The quantitative estimate of drug-likeness (QED) is 0.891. The second kappa shape index (κ2) is 5.59. The lowest BCUT2D eigenvalue weighted by molar-refractivity contribution is 0.473. The standard InChI is InChI=1S/C15H15ClFNO/c1-9-3-5-12(17)8-15(9)19-14-6-4-11(10(2)18)7-13(14)16/h3-8,10H,18H2,1-2H3/t10-/m0/s1. The minimum absolute atomic E-state index is 0.0949. The summed E-state index contributed by atoms with van der Waals surface area (Å²) in [6, 6.07) is 9.65. The molecule has 0 saturated carbocycles. The Balaban J connectivity index is 2.31. The number of hydrogen-bond acceptors (Lipinski definition) is 2. The molecule has 0 heterocycles. The molecule has 1 atom stereocenters. The van der Waals surface area contributed by atoms with E-state index in [9.17, 15) is 4.39 Å². The highest BCUT2D eigenvalue weighted by molar-refractivity contribution is 6.32. The smallest absolute Gasteiger partial charge is 0.146 e. The van der Waals surface area contributed by atoms with Crippen LogP contribution < -0.4 is 10.5 Å². The molecule has 19 heavy (non-hydrogen) atoms. The Morgan fingerprint density at radius 2 is 1.89 bits per heavy atom. The van der Waals surface area contributed by atoms with Crippen LogP contribution in [0, 0.1) is 12.7 Å². The van der Waals surface area contributed by atoms with Crippen LogP contribution >= 0.6 is 11.6 Å². The molecule has 0 aromatic heterocycles. The van der Waals surface area contributed by atoms with E-state index in [1.54, 1.807) is 18.2 Å². The molecule has 0 fully saturated rings. The van der Waals surface area contributed by atoms with Crippen LogP contribution in [0.3, 0.4) is 0 Å². The maximum atomic E-state index is 13.2. The van der Waals surface area contributed by atoms with E-state index in [0.717, 1.165) is 11.1 Å². The third-order valence-corrected chi connectivity index (χ3v) is 3.15. The highest BCUT2D eigenvalue weighted by Crippen LogP contribution is 2.33. The molecule has 0 aliphatic rings. The molecular weight excluding hydrogens is 265 g/mol. The SMILES string of the molecule is Cc1ccc(F)cc1Oc1ccc([C@H](C)N)cc1Cl. The Hall–Kier alpha value is -1.58. The first-order valence-corrected chi connectivity index (χ1v) is 6.34. The number of halogens is 2. The van der Waals surface area contributed by atoms with E-state index in [-0.39, 0.29) is 11.9 Å². The monoisotopic (exact) mass is 279 g/mol. The molecule has 2 aromatic carbocycles. The maximum absolute atomic E-state index is 13.2. The molecule has 0 saturated heterocycles. The van der Waals surface area contributed by atoms with Gasteiger partial charge in [-0.2, -0.15) is 0 Å². The molecule has 0 radical (unpaired) electrons. The van der Waals surface area contributed by atoms with Crippen molar-refractivity contribution in [3.05, 3.63) is 58.4 Å². The molecule has 2 rings (SSSR count). The fourth-order valence-corrected chi connectivity index (χ4v) is 1.91. The summed E-state index contributed by atoms with van der Waals surface area (Å²) in [5, 5.41) is 0.457. The highest BCUT2D eigenvalue weighted by atomic mass is 35.5. The Morgan fingerprint density at radius 1 is 1.16 bits per heavy atom. The zero-order valence-electron chi connectivity index (χ0n) is 10.8. The molecule has 4 heteroatoms. The van der Waals surface area contributed by atoms with Gasteiger partial charge in [0.2, 0.25) is 0 Å². The van der Waals surface area contributed by atoms with Gasteiger partial charge in [-0.15, -0.1) is 0 Å². The van der Waals surface area contributed by atoms with Crippen LogP contribution in [0.5, 0.6) is 11.5 Å². The van der Waals surface area contributed by atoms with Crippen molar-refractivity contribution >= 4 is 11.6 Å². The Labute approximate surface area is 117 Å². The Bertz CT molecular complexity index is 599. The van der Waals surface area contributed by atoms with Crippen molar-refractivity contribution in [2.24, 2.45) is 5.73 Å². The van der Waals surface area contributed by atoms with E-state index in [1.807, 2.05) is 19.9 Å². The molecule has 2 N–H and O–H groups in total. The summed E-state index contributed by atoms with van der Waals surface area (Å²) in [5.74, 6) is 0.596. The molecule has 2 aromatic rings. The van der Waals surface area contributed by atoms with Gasteiger partial charge in [-0.3, -0.25) is 0 Å². The number of nitrogens with two attached hydrogens (primary N) is 1. The van der Waals surface area contributed by atoms with Crippen molar-refractivity contribution in [2.75, 3.05) is 0 Å². The Morgan fingerprint density at radius 3 is 2.53 bits per heavy atom. The van der Waals surface area contributed by atoms with Crippen molar-refractivity contribution < 1.29 is 9.13 Å². The zero-order chi connectivity index (χ0) is 14.0. The van der Waals surface area contributed by atoms with E-state index < -0.39 is 0 Å². The highest BCUT2D eigenvalue weighted by Gasteiger charge is 2.09. The summed E-state index contributed by atoms with van der Waals surface area (Å²) in [6.45, 7) is 3.72.